The number of methoxy groups -OCH3 is 1. The number of para-hydroxylation sites is 3. The van der Waals surface area contributed by atoms with E-state index in [-0.39, 0.29) is 17.1 Å². The molecule has 6 nitrogen and oxygen atoms in total. The van der Waals surface area contributed by atoms with Crippen LogP contribution in [0, 0.1) is 0 Å². The molecule has 106 valence electrons. The number of hydrogen-bond donors (Lipinski definition) is 3. The number of benzene rings is 2. The molecule has 0 saturated carbocycles. The number of aromatic nitrogens is 2. The van der Waals surface area contributed by atoms with Crippen LogP contribution in [0.3, 0.4) is 0 Å². The quantitative estimate of drug-likeness (QED) is 0.689. The fourth-order valence-corrected chi connectivity index (χ4v) is 2.06. The molecule has 0 fully saturated rings. The lowest BCUT2D eigenvalue weighted by Gasteiger charge is -2.07. The Balaban J connectivity index is 1.89. The van der Waals surface area contributed by atoms with Crippen LogP contribution in [0.2, 0.25) is 0 Å². The second-order valence-corrected chi connectivity index (χ2v) is 4.41. The Kier molecular flexibility index (Phi) is 3.19. The summed E-state index contributed by atoms with van der Waals surface area (Å²) in [5.41, 5.74) is 1.69. The number of carbonyl (C=O) groups is 1. The standard InChI is InChI=1S/C15H13N3O3/c1-21-12-8-4-5-9(13(12)19)14(20)18-15-16-10-6-2-3-7-11(10)17-15/h2-8,19H,1H3,(H2,16,17,18,20). The highest BCUT2D eigenvalue weighted by Crippen LogP contribution is 2.29. The van der Waals surface area contributed by atoms with E-state index in [1.165, 1.54) is 13.2 Å². The van der Waals surface area contributed by atoms with Gasteiger partial charge in [0.05, 0.1) is 23.7 Å². The SMILES string of the molecule is COc1cccc(C(=O)Nc2nc3ccccc3[nH]2)c1O. The molecule has 3 rings (SSSR count). The van der Waals surface area contributed by atoms with E-state index in [4.69, 9.17) is 4.74 Å². The number of phenolic OH excluding ortho intramolecular Hbond substituents is 1. The first-order valence-corrected chi connectivity index (χ1v) is 6.31. The average Bonchev–Trinajstić information content (AvgIpc) is 2.89. The van der Waals surface area contributed by atoms with Gasteiger partial charge in [0.15, 0.2) is 11.5 Å². The second-order valence-electron chi connectivity index (χ2n) is 4.41. The van der Waals surface area contributed by atoms with Crippen molar-refractivity contribution < 1.29 is 14.6 Å². The minimum atomic E-state index is -0.467. The van der Waals surface area contributed by atoms with Crippen molar-refractivity contribution in [3.05, 3.63) is 48.0 Å². The third-order valence-electron chi connectivity index (χ3n) is 3.08. The average molecular weight is 283 g/mol. The first-order chi connectivity index (χ1) is 10.2. The van der Waals surface area contributed by atoms with E-state index in [9.17, 15) is 9.90 Å². The van der Waals surface area contributed by atoms with Crippen LogP contribution in [-0.2, 0) is 0 Å². The highest BCUT2D eigenvalue weighted by atomic mass is 16.5. The Bertz CT molecular complexity index is 778. The van der Waals surface area contributed by atoms with Crippen LogP contribution in [0.15, 0.2) is 42.5 Å². The van der Waals surface area contributed by atoms with E-state index >= 15 is 0 Å². The number of rotatable bonds is 3. The fourth-order valence-electron chi connectivity index (χ4n) is 2.06. The van der Waals surface area contributed by atoms with Crippen LogP contribution in [-0.4, -0.2) is 28.1 Å². The Morgan fingerprint density at radius 3 is 2.81 bits per heavy atom. The number of nitrogens with one attached hydrogen (secondary N) is 2. The Morgan fingerprint density at radius 2 is 2.05 bits per heavy atom. The van der Waals surface area contributed by atoms with E-state index in [2.05, 4.69) is 15.3 Å². The smallest absolute Gasteiger partial charge is 0.261 e. The minimum absolute atomic E-state index is 0.120. The monoisotopic (exact) mass is 283 g/mol. The van der Waals surface area contributed by atoms with Gasteiger partial charge in [-0.05, 0) is 24.3 Å². The molecule has 0 atom stereocenters. The first kappa shape index (κ1) is 13.0. The molecule has 2 aromatic carbocycles. The number of aromatic hydroxyl groups is 1. The normalized spacial score (nSPS) is 10.5. The zero-order valence-corrected chi connectivity index (χ0v) is 11.3. The Morgan fingerprint density at radius 1 is 1.24 bits per heavy atom. The van der Waals surface area contributed by atoms with Crippen LogP contribution >= 0.6 is 0 Å². The zero-order chi connectivity index (χ0) is 14.8. The molecule has 3 N–H and O–H groups in total. The maximum Gasteiger partial charge on any atom is 0.261 e. The summed E-state index contributed by atoms with van der Waals surface area (Å²) < 4.78 is 4.98. The predicted molar refractivity (Wildman–Crippen MR) is 78.7 cm³/mol. The van der Waals surface area contributed by atoms with Crippen LogP contribution in [0.25, 0.3) is 11.0 Å². The van der Waals surface area contributed by atoms with Gasteiger partial charge < -0.3 is 14.8 Å². The first-order valence-electron chi connectivity index (χ1n) is 6.31. The molecular weight excluding hydrogens is 270 g/mol. The highest BCUT2D eigenvalue weighted by molar-refractivity contribution is 6.06. The third kappa shape index (κ3) is 2.38. The van der Waals surface area contributed by atoms with E-state index < -0.39 is 5.91 Å². The van der Waals surface area contributed by atoms with Crippen molar-refractivity contribution >= 4 is 22.9 Å². The molecule has 0 spiro atoms. The van der Waals surface area contributed by atoms with E-state index in [1.54, 1.807) is 12.1 Å². The molecular formula is C15H13N3O3. The second kappa shape index (κ2) is 5.16. The lowest BCUT2D eigenvalue weighted by atomic mass is 10.1. The molecule has 3 aromatic rings. The highest BCUT2D eigenvalue weighted by Gasteiger charge is 2.16. The molecule has 1 heterocycles. The van der Waals surface area contributed by atoms with Gasteiger partial charge >= 0.3 is 0 Å². The molecule has 1 amide bonds. The van der Waals surface area contributed by atoms with Crippen LogP contribution in [0.1, 0.15) is 10.4 Å². The van der Waals surface area contributed by atoms with Gasteiger partial charge in [0.2, 0.25) is 5.95 Å². The number of hydrogen-bond acceptors (Lipinski definition) is 4. The summed E-state index contributed by atoms with van der Waals surface area (Å²) in [5, 5.41) is 12.6. The molecule has 0 bridgehead atoms. The number of nitrogens with zero attached hydrogens (tertiary/aromatic N) is 1. The summed E-state index contributed by atoms with van der Waals surface area (Å²) in [4.78, 5) is 19.4. The van der Waals surface area contributed by atoms with Crippen molar-refractivity contribution in [1.29, 1.82) is 0 Å². The fraction of sp³-hybridized carbons (Fsp3) is 0.0667. The number of phenols is 1. The van der Waals surface area contributed by atoms with Gasteiger partial charge in [0.1, 0.15) is 0 Å². The molecule has 0 aliphatic carbocycles. The molecule has 0 aliphatic heterocycles. The van der Waals surface area contributed by atoms with Crippen LogP contribution in [0.4, 0.5) is 5.95 Å². The van der Waals surface area contributed by atoms with Crippen molar-refractivity contribution in [3.8, 4) is 11.5 Å². The maximum absolute atomic E-state index is 12.2. The Hall–Kier alpha value is -3.02. The number of ether oxygens (including phenoxy) is 1. The van der Waals surface area contributed by atoms with Crippen molar-refractivity contribution in [2.24, 2.45) is 0 Å². The van der Waals surface area contributed by atoms with Gasteiger partial charge in [-0.3, -0.25) is 10.1 Å². The zero-order valence-electron chi connectivity index (χ0n) is 11.3. The minimum Gasteiger partial charge on any atom is -0.504 e. The van der Waals surface area contributed by atoms with Gasteiger partial charge in [0, 0.05) is 0 Å². The van der Waals surface area contributed by atoms with Gasteiger partial charge in [-0.25, -0.2) is 4.98 Å². The van der Waals surface area contributed by atoms with Crippen LogP contribution in [0.5, 0.6) is 11.5 Å². The third-order valence-corrected chi connectivity index (χ3v) is 3.08. The van der Waals surface area contributed by atoms with Crippen molar-refractivity contribution in [2.45, 2.75) is 0 Å². The van der Waals surface area contributed by atoms with Gasteiger partial charge in [-0.2, -0.15) is 0 Å². The molecule has 1 aromatic heterocycles. The lowest BCUT2D eigenvalue weighted by molar-refractivity contribution is 0.102. The summed E-state index contributed by atoms with van der Waals surface area (Å²) in [6, 6.07) is 12.2. The largest absolute Gasteiger partial charge is 0.504 e. The molecule has 0 aliphatic rings. The number of fused-ring (bicyclic) bond motifs is 1. The van der Waals surface area contributed by atoms with Crippen molar-refractivity contribution in [1.82, 2.24) is 9.97 Å². The van der Waals surface area contributed by atoms with Crippen LogP contribution < -0.4 is 10.1 Å². The summed E-state index contributed by atoms with van der Waals surface area (Å²) in [5.74, 6) is -0.102. The molecule has 0 radical (unpaired) electrons. The summed E-state index contributed by atoms with van der Waals surface area (Å²) in [7, 11) is 1.43. The number of amides is 1. The topological polar surface area (TPSA) is 87.2 Å². The number of aromatic amines is 1. The predicted octanol–water partition coefficient (Wildman–Crippen LogP) is 2.53. The molecule has 21 heavy (non-hydrogen) atoms. The van der Waals surface area contributed by atoms with Gasteiger partial charge in [-0.15, -0.1) is 0 Å². The van der Waals surface area contributed by atoms with Gasteiger partial charge in [-0.1, -0.05) is 18.2 Å². The van der Waals surface area contributed by atoms with E-state index in [0.717, 1.165) is 11.0 Å². The van der Waals surface area contributed by atoms with Gasteiger partial charge in [0.25, 0.3) is 5.91 Å². The molecule has 0 unspecified atom stereocenters. The number of imidazole rings is 1. The number of anilines is 1. The van der Waals surface area contributed by atoms with Crippen molar-refractivity contribution in [2.75, 3.05) is 12.4 Å². The molecule has 6 heteroatoms. The van der Waals surface area contributed by atoms with Crippen molar-refractivity contribution in [3.63, 3.8) is 0 Å². The number of carbonyl (C=O) groups excluding carboxylic acids is 1. The Labute approximate surface area is 120 Å². The van der Waals surface area contributed by atoms with E-state index in [0.29, 0.717) is 5.95 Å². The molecule has 0 saturated heterocycles. The number of H-pyrrole nitrogens is 1. The lowest BCUT2D eigenvalue weighted by Crippen LogP contribution is -2.13. The van der Waals surface area contributed by atoms with E-state index in [1.807, 2.05) is 24.3 Å². The summed E-state index contributed by atoms with van der Waals surface area (Å²) >= 11 is 0. The maximum atomic E-state index is 12.2. The summed E-state index contributed by atoms with van der Waals surface area (Å²) in [6.07, 6.45) is 0. The summed E-state index contributed by atoms with van der Waals surface area (Å²) in [6.45, 7) is 0.